The summed E-state index contributed by atoms with van der Waals surface area (Å²) in [5.74, 6) is 2.28. The van der Waals surface area contributed by atoms with Crippen molar-refractivity contribution in [2.24, 2.45) is 23.2 Å². The van der Waals surface area contributed by atoms with E-state index < -0.39 is 0 Å². The summed E-state index contributed by atoms with van der Waals surface area (Å²) < 4.78 is 0. The maximum absolute atomic E-state index is 9.71. The van der Waals surface area contributed by atoms with E-state index in [9.17, 15) is 5.11 Å². The van der Waals surface area contributed by atoms with Crippen LogP contribution in [0, 0.1) is 23.2 Å². The third kappa shape index (κ3) is 0.953. The Morgan fingerprint density at radius 3 is 2.33 bits per heavy atom. The lowest BCUT2D eigenvalue weighted by molar-refractivity contribution is 0.00840. The lowest BCUT2D eigenvalue weighted by Gasteiger charge is -2.40. The Morgan fingerprint density at radius 1 is 1.33 bits per heavy atom. The maximum atomic E-state index is 9.71. The normalized spacial score (nSPS) is 46.5. The highest BCUT2D eigenvalue weighted by Gasteiger charge is 2.53. The first-order valence-corrected chi connectivity index (χ1v) is 5.21. The number of aliphatic hydroxyl groups is 1. The van der Waals surface area contributed by atoms with E-state index in [1.54, 1.807) is 0 Å². The third-order valence-corrected chi connectivity index (χ3v) is 4.41. The predicted molar refractivity (Wildman–Crippen MR) is 49.8 cm³/mol. The molecule has 1 nitrogen and oxygen atoms in total. The summed E-state index contributed by atoms with van der Waals surface area (Å²) in [7, 11) is 0. The third-order valence-electron chi connectivity index (χ3n) is 4.41. The summed E-state index contributed by atoms with van der Waals surface area (Å²) in [6.45, 7) is 6.65. The molecule has 0 aliphatic heterocycles. The van der Waals surface area contributed by atoms with Crippen molar-refractivity contribution in [2.45, 2.75) is 46.1 Å². The van der Waals surface area contributed by atoms with Crippen LogP contribution in [0.1, 0.15) is 40.0 Å². The summed E-state index contributed by atoms with van der Waals surface area (Å²) in [4.78, 5) is 0. The molecule has 0 radical (unpaired) electrons. The second-order valence-electron chi connectivity index (χ2n) is 5.36. The number of aliphatic hydroxyl groups excluding tert-OH is 1. The van der Waals surface area contributed by atoms with E-state index in [-0.39, 0.29) is 6.10 Å². The average molecular weight is 168 g/mol. The predicted octanol–water partition coefficient (Wildman–Crippen LogP) is 2.44. The molecule has 2 saturated carbocycles. The van der Waals surface area contributed by atoms with E-state index in [0.717, 1.165) is 11.8 Å². The minimum atomic E-state index is -0.102. The summed E-state index contributed by atoms with van der Waals surface area (Å²) in [6, 6.07) is 0. The molecule has 2 aliphatic carbocycles. The van der Waals surface area contributed by atoms with E-state index in [2.05, 4.69) is 13.8 Å². The largest absolute Gasteiger partial charge is 0.393 e. The van der Waals surface area contributed by atoms with Gasteiger partial charge in [-0.1, -0.05) is 13.8 Å². The lowest BCUT2D eigenvalue weighted by Crippen LogP contribution is -2.37. The molecule has 0 amide bonds. The zero-order valence-corrected chi connectivity index (χ0v) is 8.38. The first-order valence-electron chi connectivity index (χ1n) is 5.21. The molecule has 4 atom stereocenters. The van der Waals surface area contributed by atoms with Crippen molar-refractivity contribution in [3.8, 4) is 0 Å². The van der Waals surface area contributed by atoms with E-state index in [1.807, 2.05) is 6.92 Å². The molecule has 2 fully saturated rings. The van der Waals surface area contributed by atoms with Crippen LogP contribution in [-0.2, 0) is 0 Å². The van der Waals surface area contributed by atoms with E-state index in [1.165, 1.54) is 19.3 Å². The second kappa shape index (κ2) is 2.47. The highest BCUT2D eigenvalue weighted by Crippen LogP contribution is 2.60. The Morgan fingerprint density at radius 2 is 2.00 bits per heavy atom. The van der Waals surface area contributed by atoms with E-state index >= 15 is 0 Å². The molecule has 12 heavy (non-hydrogen) atoms. The average Bonchev–Trinajstić information content (AvgIpc) is 2.41. The van der Waals surface area contributed by atoms with Gasteiger partial charge in [0.05, 0.1) is 6.10 Å². The molecule has 1 N–H and O–H groups in total. The van der Waals surface area contributed by atoms with Gasteiger partial charge in [0.25, 0.3) is 0 Å². The minimum Gasteiger partial charge on any atom is -0.393 e. The van der Waals surface area contributed by atoms with Crippen molar-refractivity contribution >= 4 is 0 Å². The molecule has 2 aliphatic rings. The van der Waals surface area contributed by atoms with Crippen LogP contribution in [-0.4, -0.2) is 11.2 Å². The monoisotopic (exact) mass is 168 g/mol. The quantitative estimate of drug-likeness (QED) is 0.637. The van der Waals surface area contributed by atoms with Crippen molar-refractivity contribution in [1.82, 2.24) is 0 Å². The summed E-state index contributed by atoms with van der Waals surface area (Å²) in [5.41, 5.74) is 0.400. The van der Waals surface area contributed by atoms with Gasteiger partial charge in [-0.25, -0.2) is 0 Å². The van der Waals surface area contributed by atoms with Crippen molar-refractivity contribution in [3.05, 3.63) is 0 Å². The second-order valence-corrected chi connectivity index (χ2v) is 5.36. The van der Waals surface area contributed by atoms with Gasteiger partial charge in [-0.05, 0) is 49.4 Å². The molecule has 0 aromatic heterocycles. The highest BCUT2D eigenvalue weighted by atomic mass is 16.3. The maximum Gasteiger partial charge on any atom is 0.0548 e. The Kier molecular flexibility index (Phi) is 1.76. The Bertz CT molecular complexity index is 183. The zero-order chi connectivity index (χ0) is 8.93. The fourth-order valence-corrected chi connectivity index (χ4v) is 3.91. The Balaban J connectivity index is 2.23. The summed E-state index contributed by atoms with van der Waals surface area (Å²) >= 11 is 0. The van der Waals surface area contributed by atoms with E-state index in [4.69, 9.17) is 0 Å². The van der Waals surface area contributed by atoms with Crippen LogP contribution >= 0.6 is 0 Å². The summed E-state index contributed by atoms with van der Waals surface area (Å²) in [6.07, 6.45) is 4.04. The molecule has 0 aromatic rings. The number of rotatable bonds is 1. The number of fused-ring (bicyclic) bond motifs is 2. The molecule has 0 spiro atoms. The van der Waals surface area contributed by atoms with Gasteiger partial charge in [0, 0.05) is 0 Å². The SMILES string of the molecule is C[C@H](O)[C@@H]1[C@H]2CC[C@H](C2)C1(C)C. The topological polar surface area (TPSA) is 20.2 Å². The van der Waals surface area contributed by atoms with Crippen LogP contribution in [0.4, 0.5) is 0 Å². The van der Waals surface area contributed by atoms with Crippen LogP contribution < -0.4 is 0 Å². The van der Waals surface area contributed by atoms with Crippen LogP contribution in [0.3, 0.4) is 0 Å². The fraction of sp³-hybridized carbons (Fsp3) is 1.00. The smallest absolute Gasteiger partial charge is 0.0548 e. The molecule has 0 aromatic carbocycles. The van der Waals surface area contributed by atoms with Crippen molar-refractivity contribution in [3.63, 3.8) is 0 Å². The molecule has 2 bridgehead atoms. The van der Waals surface area contributed by atoms with Gasteiger partial charge in [-0.15, -0.1) is 0 Å². The van der Waals surface area contributed by atoms with Crippen LogP contribution in [0.15, 0.2) is 0 Å². The van der Waals surface area contributed by atoms with Crippen LogP contribution in [0.2, 0.25) is 0 Å². The zero-order valence-electron chi connectivity index (χ0n) is 8.38. The fourth-order valence-electron chi connectivity index (χ4n) is 3.91. The van der Waals surface area contributed by atoms with Crippen molar-refractivity contribution < 1.29 is 5.11 Å². The molecule has 1 heteroatoms. The minimum absolute atomic E-state index is 0.102. The lowest BCUT2D eigenvalue weighted by atomic mass is 9.67. The molecular formula is C11H20O. The Labute approximate surface area is 75.2 Å². The first kappa shape index (κ1) is 8.55. The molecular weight excluding hydrogens is 148 g/mol. The number of hydrogen-bond acceptors (Lipinski definition) is 1. The molecule has 0 saturated heterocycles. The molecule has 2 rings (SSSR count). The van der Waals surface area contributed by atoms with Gasteiger partial charge >= 0.3 is 0 Å². The van der Waals surface area contributed by atoms with Gasteiger partial charge < -0.3 is 5.11 Å². The summed E-state index contributed by atoms with van der Waals surface area (Å²) in [5, 5.41) is 9.71. The number of hydrogen-bond donors (Lipinski definition) is 1. The van der Waals surface area contributed by atoms with Gasteiger partial charge in [0.1, 0.15) is 0 Å². The Hall–Kier alpha value is -0.0400. The molecule has 0 heterocycles. The first-order chi connectivity index (χ1) is 5.53. The van der Waals surface area contributed by atoms with Crippen LogP contribution in [0.5, 0.6) is 0 Å². The molecule has 0 unspecified atom stereocenters. The van der Waals surface area contributed by atoms with Crippen molar-refractivity contribution in [2.75, 3.05) is 0 Å². The van der Waals surface area contributed by atoms with Gasteiger partial charge in [-0.3, -0.25) is 0 Å². The standard InChI is InChI=1S/C11H20O/c1-7(12)10-8-4-5-9(6-8)11(10,2)3/h7-10,12H,4-6H2,1-3H3/t7-,8-,9+,10+/m0/s1. The van der Waals surface area contributed by atoms with Gasteiger partial charge in [-0.2, -0.15) is 0 Å². The van der Waals surface area contributed by atoms with Crippen molar-refractivity contribution in [1.29, 1.82) is 0 Å². The van der Waals surface area contributed by atoms with E-state index in [0.29, 0.717) is 11.3 Å². The van der Waals surface area contributed by atoms with Gasteiger partial charge in [0.15, 0.2) is 0 Å². The highest BCUT2D eigenvalue weighted by molar-refractivity contribution is 5.03. The van der Waals surface area contributed by atoms with Crippen LogP contribution in [0.25, 0.3) is 0 Å². The van der Waals surface area contributed by atoms with Gasteiger partial charge in [0.2, 0.25) is 0 Å². The molecule has 70 valence electrons.